The van der Waals surface area contributed by atoms with Crippen molar-refractivity contribution in [2.24, 2.45) is 0 Å². The largest absolute Gasteiger partial charge is 0.489 e. The number of aryl methyl sites for hydroxylation is 2. The number of aliphatic hydroxyl groups is 1. The van der Waals surface area contributed by atoms with Crippen molar-refractivity contribution in [1.29, 1.82) is 0 Å². The van der Waals surface area contributed by atoms with E-state index in [2.05, 4.69) is 32.6 Å². The van der Waals surface area contributed by atoms with E-state index in [-0.39, 0.29) is 12.4 Å². The van der Waals surface area contributed by atoms with Crippen LogP contribution in [0.25, 0.3) is 0 Å². The normalized spacial score (nSPS) is 12.8. The molecule has 0 radical (unpaired) electrons. The number of aliphatic hydroxyl groups excluding tert-OH is 1. The molecule has 0 saturated carbocycles. The summed E-state index contributed by atoms with van der Waals surface area (Å²) in [5.41, 5.74) is 2.11. The van der Waals surface area contributed by atoms with Crippen LogP contribution in [0.2, 0.25) is 0 Å². The van der Waals surface area contributed by atoms with Crippen LogP contribution in [0.1, 0.15) is 54.9 Å². The molecule has 0 amide bonds. The summed E-state index contributed by atoms with van der Waals surface area (Å²) in [4.78, 5) is 15.6. The van der Waals surface area contributed by atoms with Crippen molar-refractivity contribution in [3.05, 3.63) is 51.7 Å². The number of benzene rings is 1. The fraction of sp³-hybridized carbons (Fsp3) is 0.522. The quantitative estimate of drug-likeness (QED) is 0.551. The monoisotopic (exact) mass is 403 g/mol. The lowest BCUT2D eigenvalue weighted by atomic mass is 10.1. The summed E-state index contributed by atoms with van der Waals surface area (Å²) in [6, 6.07) is 10.7. The van der Waals surface area contributed by atoms with E-state index in [1.165, 1.54) is 11.3 Å². The predicted molar refractivity (Wildman–Crippen MR) is 117 cm³/mol. The van der Waals surface area contributed by atoms with Crippen molar-refractivity contribution >= 4 is 17.1 Å². The Morgan fingerprint density at radius 1 is 1.14 bits per heavy atom. The summed E-state index contributed by atoms with van der Waals surface area (Å²) in [6.07, 6.45) is 0.574. The standard InChI is InChI=1S/C23H33NO3S/c1-16(2)24(17(3)4)13-20(25)14-27-22-18(5)15-28-23(22)21(26)12-11-19-9-7-6-8-10-19/h6-10,15-17,20,25H,11-14H2,1-5H3. The molecule has 0 fully saturated rings. The number of ether oxygens (including phenoxy) is 1. The molecule has 2 aromatic rings. The number of rotatable bonds is 11. The first-order chi connectivity index (χ1) is 13.3. The Balaban J connectivity index is 1.95. The average molecular weight is 404 g/mol. The molecule has 5 heteroatoms. The topological polar surface area (TPSA) is 49.8 Å². The highest BCUT2D eigenvalue weighted by Crippen LogP contribution is 2.31. The molecule has 2 rings (SSSR count). The van der Waals surface area contributed by atoms with E-state index in [0.717, 1.165) is 17.5 Å². The fourth-order valence-electron chi connectivity index (χ4n) is 3.31. The molecule has 0 aliphatic rings. The number of nitrogens with zero attached hydrogens (tertiary/aromatic N) is 1. The SMILES string of the molecule is Cc1csc(C(=O)CCc2ccccc2)c1OCC(O)CN(C(C)C)C(C)C. The number of carbonyl (C=O) groups is 1. The minimum Gasteiger partial charge on any atom is -0.489 e. The molecule has 1 unspecified atom stereocenters. The van der Waals surface area contributed by atoms with Gasteiger partial charge in [-0.2, -0.15) is 0 Å². The van der Waals surface area contributed by atoms with Crippen LogP contribution in [-0.4, -0.2) is 47.1 Å². The zero-order valence-electron chi connectivity index (χ0n) is 17.6. The van der Waals surface area contributed by atoms with Crippen LogP contribution in [0.3, 0.4) is 0 Å². The first kappa shape index (κ1) is 22.6. The second-order valence-electron chi connectivity index (χ2n) is 7.83. The van der Waals surface area contributed by atoms with Crippen molar-refractivity contribution in [3.8, 4) is 5.75 Å². The highest BCUT2D eigenvalue weighted by atomic mass is 32.1. The van der Waals surface area contributed by atoms with Gasteiger partial charge in [0.2, 0.25) is 0 Å². The maximum Gasteiger partial charge on any atom is 0.176 e. The summed E-state index contributed by atoms with van der Waals surface area (Å²) in [5, 5.41) is 12.4. The average Bonchev–Trinajstić information content (AvgIpc) is 3.03. The number of ketones is 1. The van der Waals surface area contributed by atoms with Gasteiger partial charge in [-0.1, -0.05) is 30.3 Å². The molecule has 154 valence electrons. The smallest absolute Gasteiger partial charge is 0.176 e. The number of carbonyl (C=O) groups excluding carboxylic acids is 1. The number of hydrogen-bond acceptors (Lipinski definition) is 5. The minimum atomic E-state index is -0.601. The first-order valence-corrected chi connectivity index (χ1v) is 10.9. The third kappa shape index (κ3) is 6.43. The molecule has 28 heavy (non-hydrogen) atoms. The van der Waals surface area contributed by atoms with Crippen LogP contribution in [0, 0.1) is 6.92 Å². The summed E-state index contributed by atoms with van der Waals surface area (Å²) < 4.78 is 5.92. The van der Waals surface area contributed by atoms with Crippen LogP contribution in [0.15, 0.2) is 35.7 Å². The summed E-state index contributed by atoms with van der Waals surface area (Å²) in [7, 11) is 0. The van der Waals surface area contributed by atoms with Crippen LogP contribution in [-0.2, 0) is 6.42 Å². The minimum absolute atomic E-state index is 0.0948. The van der Waals surface area contributed by atoms with E-state index < -0.39 is 6.10 Å². The molecule has 1 N–H and O–H groups in total. The van der Waals surface area contributed by atoms with E-state index in [1.807, 2.05) is 42.6 Å². The van der Waals surface area contributed by atoms with E-state index >= 15 is 0 Å². The van der Waals surface area contributed by atoms with Gasteiger partial charge in [0, 0.05) is 30.6 Å². The lowest BCUT2D eigenvalue weighted by Gasteiger charge is -2.32. The van der Waals surface area contributed by atoms with Crippen molar-refractivity contribution in [2.45, 2.75) is 65.6 Å². The Kier molecular flexibility index (Phi) is 8.67. The lowest BCUT2D eigenvalue weighted by Crippen LogP contribution is -2.43. The second-order valence-corrected chi connectivity index (χ2v) is 8.71. The lowest BCUT2D eigenvalue weighted by molar-refractivity contribution is 0.0442. The van der Waals surface area contributed by atoms with Gasteiger partial charge < -0.3 is 9.84 Å². The molecule has 1 heterocycles. The molecular weight excluding hydrogens is 370 g/mol. The van der Waals surface area contributed by atoms with E-state index in [1.54, 1.807) is 0 Å². The highest BCUT2D eigenvalue weighted by Gasteiger charge is 2.21. The van der Waals surface area contributed by atoms with Gasteiger partial charge in [0.25, 0.3) is 0 Å². The van der Waals surface area contributed by atoms with Crippen molar-refractivity contribution in [1.82, 2.24) is 4.90 Å². The summed E-state index contributed by atoms with van der Waals surface area (Å²) in [5.74, 6) is 0.722. The van der Waals surface area contributed by atoms with Gasteiger partial charge in [0.1, 0.15) is 23.3 Å². The van der Waals surface area contributed by atoms with E-state index in [0.29, 0.717) is 35.7 Å². The van der Waals surface area contributed by atoms with Crippen molar-refractivity contribution in [3.63, 3.8) is 0 Å². The highest BCUT2D eigenvalue weighted by molar-refractivity contribution is 7.12. The number of Topliss-reactive ketones (excluding diaryl/α,β-unsaturated/α-hetero) is 1. The molecule has 0 aliphatic heterocycles. The molecule has 0 aliphatic carbocycles. The second kappa shape index (κ2) is 10.7. The van der Waals surface area contributed by atoms with Gasteiger partial charge in [0.05, 0.1) is 0 Å². The number of hydrogen-bond donors (Lipinski definition) is 1. The van der Waals surface area contributed by atoms with Crippen molar-refractivity contribution < 1.29 is 14.6 Å². The van der Waals surface area contributed by atoms with Crippen molar-refractivity contribution in [2.75, 3.05) is 13.2 Å². The Morgan fingerprint density at radius 2 is 1.79 bits per heavy atom. The van der Waals surface area contributed by atoms with Crippen LogP contribution in [0.4, 0.5) is 0 Å². The molecule has 0 saturated heterocycles. The molecular formula is C23H33NO3S. The Hall–Kier alpha value is -1.69. The molecule has 1 aromatic carbocycles. The molecule has 0 spiro atoms. The summed E-state index contributed by atoms with van der Waals surface area (Å²) in [6.45, 7) is 11.2. The van der Waals surface area contributed by atoms with Gasteiger partial charge in [-0.3, -0.25) is 9.69 Å². The van der Waals surface area contributed by atoms with Gasteiger partial charge in [0.15, 0.2) is 5.78 Å². The fourth-order valence-corrected chi connectivity index (χ4v) is 4.28. The van der Waals surface area contributed by atoms with Gasteiger partial charge >= 0.3 is 0 Å². The predicted octanol–water partition coefficient (Wildman–Crippen LogP) is 4.73. The van der Waals surface area contributed by atoms with Crippen LogP contribution >= 0.6 is 11.3 Å². The summed E-state index contributed by atoms with van der Waals surface area (Å²) >= 11 is 1.43. The van der Waals surface area contributed by atoms with Gasteiger partial charge in [-0.15, -0.1) is 11.3 Å². The maximum absolute atomic E-state index is 12.7. The van der Waals surface area contributed by atoms with Gasteiger partial charge in [-0.05, 0) is 52.0 Å². The number of thiophene rings is 1. The molecule has 0 bridgehead atoms. The van der Waals surface area contributed by atoms with Crippen LogP contribution in [0.5, 0.6) is 5.75 Å². The first-order valence-electron chi connectivity index (χ1n) is 10.0. The zero-order valence-corrected chi connectivity index (χ0v) is 18.5. The molecule has 1 aromatic heterocycles. The van der Waals surface area contributed by atoms with E-state index in [9.17, 15) is 9.90 Å². The Morgan fingerprint density at radius 3 is 2.39 bits per heavy atom. The van der Waals surface area contributed by atoms with E-state index in [4.69, 9.17) is 4.74 Å². The Labute approximate surface area is 173 Å². The zero-order chi connectivity index (χ0) is 20.7. The third-order valence-electron chi connectivity index (χ3n) is 4.82. The third-order valence-corrected chi connectivity index (χ3v) is 5.94. The maximum atomic E-state index is 12.7. The Bertz CT molecular complexity index is 732. The van der Waals surface area contributed by atoms with Crippen LogP contribution < -0.4 is 4.74 Å². The molecule has 4 nitrogen and oxygen atoms in total. The molecule has 1 atom stereocenters. The van der Waals surface area contributed by atoms with Gasteiger partial charge in [-0.25, -0.2) is 0 Å².